The molecule has 260 valence electrons. The topological polar surface area (TPSA) is 92.3 Å². The van der Waals surface area contributed by atoms with Gasteiger partial charge in [0.25, 0.3) is 0 Å². The van der Waals surface area contributed by atoms with Crippen LogP contribution in [0.2, 0.25) is 0 Å². The van der Waals surface area contributed by atoms with E-state index in [0.29, 0.717) is 33.0 Å². The maximum Gasteiger partial charge on any atom is 0.514 e. The van der Waals surface area contributed by atoms with Crippen molar-refractivity contribution < 1.29 is 42.7 Å². The molecular formula is C30H60O10Si5. The molecule has 0 aromatic heterocycles. The van der Waals surface area contributed by atoms with Crippen LogP contribution in [-0.4, -0.2) is 77.1 Å². The van der Waals surface area contributed by atoms with Crippen molar-refractivity contribution in [3.8, 4) is 0 Å². The van der Waals surface area contributed by atoms with E-state index in [1.165, 1.54) is 0 Å². The van der Waals surface area contributed by atoms with Gasteiger partial charge in [-0.25, -0.2) is 0 Å². The summed E-state index contributed by atoms with van der Waals surface area (Å²) in [6, 6.07) is 0. The molecule has 0 spiro atoms. The number of hydrogen-bond donors (Lipinski definition) is 0. The predicted octanol–water partition coefficient (Wildman–Crippen LogP) is 7.49. The highest BCUT2D eigenvalue weighted by molar-refractivity contribution is 6.94. The number of unbranched alkanes of at least 4 members (excludes halogenated alkanes) is 5. The molecule has 1 aliphatic heterocycles. The van der Waals surface area contributed by atoms with Gasteiger partial charge < -0.3 is 42.7 Å². The van der Waals surface area contributed by atoms with E-state index in [2.05, 4.69) is 67.5 Å². The molecule has 1 heterocycles. The highest BCUT2D eigenvalue weighted by Gasteiger charge is 2.66. The Morgan fingerprint density at radius 3 is 0.622 bits per heavy atom. The lowest BCUT2D eigenvalue weighted by molar-refractivity contribution is 0.0315. The minimum atomic E-state index is -3.94. The quantitative estimate of drug-likeness (QED) is 0.0698. The highest BCUT2D eigenvalue weighted by atomic mass is 28.6. The molecule has 0 aliphatic carbocycles. The van der Waals surface area contributed by atoms with Crippen molar-refractivity contribution in [1.82, 2.24) is 0 Å². The van der Waals surface area contributed by atoms with Crippen LogP contribution in [0.4, 0.5) is 0 Å². The largest absolute Gasteiger partial charge is 0.514 e. The maximum absolute atomic E-state index is 6.88. The molecule has 1 fully saturated rings. The smallest absolute Gasteiger partial charge is 0.371 e. The SMILES string of the molecule is C=C[Si]1(OCCCC)O[Si](C=C)(OCCCC)O[Si](C=C)(OCCCC)O[Si](C=C)(OCCCC)O[Si](C=C)(OCCCC)O1. The summed E-state index contributed by atoms with van der Waals surface area (Å²) < 4.78 is 66.9. The van der Waals surface area contributed by atoms with E-state index < -0.39 is 44.0 Å². The Kier molecular flexibility index (Phi) is 20.8. The lowest BCUT2D eigenvalue weighted by Gasteiger charge is -2.46. The summed E-state index contributed by atoms with van der Waals surface area (Å²) in [4.78, 5) is 0. The van der Waals surface area contributed by atoms with E-state index in [1.54, 1.807) is 28.5 Å². The van der Waals surface area contributed by atoms with Gasteiger partial charge in [0.05, 0.1) is 0 Å². The maximum atomic E-state index is 6.88. The standard InChI is InChI=1S/C30H60O10Si5/c1-11-21-26-31-41(16-6)36-42(17-7,32-27-22-12-2)38-44(19-9,34-29-24-14-4)40-45(20-10,35-30-25-15-5)39-43(18-8,37-41)33-28-23-13-3/h16-20H,6-15,21-30H2,1-5H3. The summed E-state index contributed by atoms with van der Waals surface area (Å²) in [6.45, 7) is 32.7. The first-order valence-electron chi connectivity index (χ1n) is 16.5. The third-order valence-electron chi connectivity index (χ3n) is 6.68. The molecule has 45 heavy (non-hydrogen) atoms. The molecule has 1 aliphatic rings. The van der Waals surface area contributed by atoms with Crippen molar-refractivity contribution in [2.24, 2.45) is 0 Å². The first kappa shape index (κ1) is 42.4. The molecule has 10 nitrogen and oxygen atoms in total. The molecular weight excluding hydrogens is 661 g/mol. The molecule has 0 radical (unpaired) electrons. The average molecular weight is 721 g/mol. The van der Waals surface area contributed by atoms with Crippen molar-refractivity contribution in [3.05, 3.63) is 61.4 Å². The van der Waals surface area contributed by atoms with E-state index >= 15 is 0 Å². The van der Waals surface area contributed by atoms with Crippen LogP contribution < -0.4 is 0 Å². The van der Waals surface area contributed by atoms with E-state index in [-0.39, 0.29) is 0 Å². The molecule has 0 unspecified atom stereocenters. The summed E-state index contributed by atoms with van der Waals surface area (Å²) in [6.07, 6.45) is 8.27. The van der Waals surface area contributed by atoms with Gasteiger partial charge in [-0.3, -0.25) is 0 Å². The van der Waals surface area contributed by atoms with Gasteiger partial charge in [-0.2, -0.15) is 0 Å². The number of rotatable bonds is 25. The second-order valence-electron chi connectivity index (χ2n) is 10.6. The van der Waals surface area contributed by atoms with Crippen LogP contribution in [-0.2, 0) is 42.7 Å². The Labute approximate surface area is 279 Å². The van der Waals surface area contributed by atoms with Crippen molar-refractivity contribution in [1.29, 1.82) is 0 Å². The van der Waals surface area contributed by atoms with E-state index in [9.17, 15) is 0 Å². The van der Waals surface area contributed by atoms with Crippen LogP contribution >= 0.6 is 0 Å². The van der Waals surface area contributed by atoms with Gasteiger partial charge in [-0.1, -0.05) is 99.6 Å². The van der Waals surface area contributed by atoms with Crippen LogP contribution in [0.5, 0.6) is 0 Å². The Morgan fingerprint density at radius 2 is 0.511 bits per heavy atom. The summed E-state index contributed by atoms with van der Waals surface area (Å²) >= 11 is 0. The Balaban J connectivity index is 4.12. The first-order chi connectivity index (χ1) is 21.6. The molecule has 0 N–H and O–H groups in total. The van der Waals surface area contributed by atoms with E-state index in [1.807, 2.05) is 0 Å². The van der Waals surface area contributed by atoms with Crippen molar-refractivity contribution >= 4 is 44.0 Å². The van der Waals surface area contributed by atoms with Crippen LogP contribution in [0.3, 0.4) is 0 Å². The van der Waals surface area contributed by atoms with Gasteiger partial charge in [0, 0.05) is 33.0 Å². The molecule has 0 amide bonds. The van der Waals surface area contributed by atoms with Gasteiger partial charge in [0.1, 0.15) is 0 Å². The van der Waals surface area contributed by atoms with Crippen LogP contribution in [0.1, 0.15) is 98.8 Å². The zero-order valence-electron chi connectivity index (χ0n) is 28.6. The van der Waals surface area contributed by atoms with Gasteiger partial charge in [-0.15, -0.1) is 0 Å². The summed E-state index contributed by atoms with van der Waals surface area (Å²) in [5.74, 6) is 0. The van der Waals surface area contributed by atoms with Crippen molar-refractivity contribution in [2.45, 2.75) is 98.8 Å². The lowest BCUT2D eigenvalue weighted by Crippen LogP contribution is -2.72. The zero-order chi connectivity index (χ0) is 33.7. The number of hydrogen-bond acceptors (Lipinski definition) is 10. The molecule has 0 saturated carbocycles. The van der Waals surface area contributed by atoms with Gasteiger partial charge >= 0.3 is 44.0 Å². The van der Waals surface area contributed by atoms with E-state index in [4.69, 9.17) is 42.7 Å². The molecule has 0 aromatic carbocycles. The predicted molar refractivity (Wildman–Crippen MR) is 189 cm³/mol. The Bertz CT molecular complexity index is 721. The third-order valence-corrected chi connectivity index (χ3v) is 23.6. The molecule has 15 heteroatoms. The van der Waals surface area contributed by atoms with Crippen molar-refractivity contribution in [3.63, 3.8) is 0 Å². The minimum Gasteiger partial charge on any atom is -0.371 e. The van der Waals surface area contributed by atoms with Gasteiger partial charge in [0.15, 0.2) is 0 Å². The fourth-order valence-electron chi connectivity index (χ4n) is 3.90. The Morgan fingerprint density at radius 1 is 0.356 bits per heavy atom. The molecule has 0 atom stereocenters. The first-order valence-corrected chi connectivity index (χ1v) is 25.5. The zero-order valence-corrected chi connectivity index (χ0v) is 33.6. The van der Waals surface area contributed by atoms with E-state index in [0.717, 1.165) is 64.2 Å². The molecule has 0 aromatic rings. The average Bonchev–Trinajstić information content (AvgIpc) is 3.04. The third kappa shape index (κ3) is 13.4. The monoisotopic (exact) mass is 720 g/mol. The fourth-order valence-corrected chi connectivity index (χ4v) is 23.0. The van der Waals surface area contributed by atoms with Gasteiger partial charge in [-0.05, 0) is 60.6 Å². The molecule has 0 bridgehead atoms. The van der Waals surface area contributed by atoms with Crippen molar-refractivity contribution in [2.75, 3.05) is 33.0 Å². The minimum absolute atomic E-state index is 0.340. The van der Waals surface area contributed by atoms with Crippen LogP contribution in [0.25, 0.3) is 0 Å². The fraction of sp³-hybridized carbons (Fsp3) is 0.667. The van der Waals surface area contributed by atoms with Crippen LogP contribution in [0.15, 0.2) is 61.4 Å². The molecule has 1 saturated heterocycles. The summed E-state index contributed by atoms with van der Waals surface area (Å²) in [5, 5.41) is 0. The highest BCUT2D eigenvalue weighted by Crippen LogP contribution is 2.36. The Hall–Kier alpha value is -0.616. The second kappa shape index (κ2) is 22.1. The van der Waals surface area contributed by atoms with Gasteiger partial charge in [0.2, 0.25) is 0 Å². The molecule has 1 rings (SSSR count). The summed E-state index contributed by atoms with van der Waals surface area (Å²) in [5.41, 5.74) is 7.80. The van der Waals surface area contributed by atoms with Crippen LogP contribution in [0, 0.1) is 0 Å². The lowest BCUT2D eigenvalue weighted by atomic mass is 10.4. The normalized spacial score (nSPS) is 30.8. The second-order valence-corrected chi connectivity index (χ2v) is 24.2. The summed E-state index contributed by atoms with van der Waals surface area (Å²) in [7, 11) is -19.7.